The maximum Gasteiger partial charge on any atom is 0.433 e. The molecule has 1 aliphatic heterocycles. The Kier molecular flexibility index (Phi) is 2.46. The second kappa shape index (κ2) is 3.55. The van der Waals surface area contributed by atoms with Crippen molar-refractivity contribution >= 4 is 5.78 Å². The summed E-state index contributed by atoms with van der Waals surface area (Å²) in [6.45, 7) is 1.46. The van der Waals surface area contributed by atoms with E-state index in [-0.39, 0.29) is 23.6 Å². The van der Waals surface area contributed by atoms with Gasteiger partial charge in [0, 0.05) is 5.56 Å². The third-order valence-electron chi connectivity index (χ3n) is 2.37. The van der Waals surface area contributed by atoms with Crippen LogP contribution in [-0.2, 0) is 10.9 Å². The van der Waals surface area contributed by atoms with E-state index >= 15 is 0 Å². The van der Waals surface area contributed by atoms with Gasteiger partial charge in [-0.2, -0.15) is 13.2 Å². The molecule has 1 atom stereocenters. The molecule has 3 nitrogen and oxygen atoms in total. The van der Waals surface area contributed by atoms with Gasteiger partial charge in [0.15, 0.2) is 5.78 Å². The number of aromatic nitrogens is 1. The topological polar surface area (TPSA) is 39.2 Å². The molecule has 0 amide bonds. The van der Waals surface area contributed by atoms with Crippen LogP contribution in [0, 0.1) is 0 Å². The zero-order valence-corrected chi connectivity index (χ0v) is 8.34. The van der Waals surface area contributed by atoms with Gasteiger partial charge >= 0.3 is 6.18 Å². The summed E-state index contributed by atoms with van der Waals surface area (Å²) in [5.74, 6) is -0.339. The fraction of sp³-hybridized carbons (Fsp3) is 0.400. The first-order chi connectivity index (χ1) is 7.39. The van der Waals surface area contributed by atoms with E-state index in [4.69, 9.17) is 4.74 Å². The summed E-state index contributed by atoms with van der Waals surface area (Å²) in [5, 5.41) is 0. The summed E-state index contributed by atoms with van der Waals surface area (Å²) in [4.78, 5) is 14.8. The molecule has 2 rings (SSSR count). The summed E-state index contributed by atoms with van der Waals surface area (Å²) >= 11 is 0. The molecule has 0 radical (unpaired) electrons. The molecule has 0 bridgehead atoms. The van der Waals surface area contributed by atoms with Crippen LogP contribution < -0.4 is 0 Å². The third-order valence-corrected chi connectivity index (χ3v) is 2.37. The number of carbonyl (C=O) groups is 1. The fourth-order valence-corrected chi connectivity index (χ4v) is 1.54. The van der Waals surface area contributed by atoms with E-state index < -0.39 is 18.0 Å². The number of alkyl halides is 3. The van der Waals surface area contributed by atoms with E-state index in [9.17, 15) is 18.0 Å². The summed E-state index contributed by atoms with van der Waals surface area (Å²) in [6.07, 6.45) is -5.09. The van der Waals surface area contributed by atoms with Crippen LogP contribution in [-0.4, -0.2) is 17.4 Å². The molecular formula is C10H8F3NO2. The number of halogens is 3. The summed E-state index contributed by atoms with van der Waals surface area (Å²) in [6, 6.07) is 1.97. The lowest BCUT2D eigenvalue weighted by molar-refractivity contribution is -0.141. The van der Waals surface area contributed by atoms with Crippen LogP contribution in [0.15, 0.2) is 12.1 Å². The number of hydrogen-bond donors (Lipinski definition) is 0. The Morgan fingerprint density at radius 3 is 2.75 bits per heavy atom. The van der Waals surface area contributed by atoms with E-state index in [1.54, 1.807) is 6.92 Å². The number of pyridine rings is 1. The smallest absolute Gasteiger partial charge is 0.364 e. The van der Waals surface area contributed by atoms with Crippen molar-refractivity contribution in [3.05, 3.63) is 29.1 Å². The Morgan fingerprint density at radius 2 is 2.12 bits per heavy atom. The van der Waals surface area contributed by atoms with Crippen molar-refractivity contribution < 1.29 is 22.7 Å². The summed E-state index contributed by atoms with van der Waals surface area (Å²) in [7, 11) is 0. The molecular weight excluding hydrogens is 223 g/mol. The molecule has 0 aromatic carbocycles. The van der Waals surface area contributed by atoms with E-state index in [2.05, 4.69) is 4.98 Å². The minimum absolute atomic E-state index is 0.0612. The van der Waals surface area contributed by atoms with Gasteiger partial charge in [-0.25, -0.2) is 4.98 Å². The molecule has 0 unspecified atom stereocenters. The van der Waals surface area contributed by atoms with Crippen LogP contribution in [0.4, 0.5) is 13.2 Å². The Bertz CT molecular complexity index is 442. The highest BCUT2D eigenvalue weighted by atomic mass is 19.4. The van der Waals surface area contributed by atoms with Gasteiger partial charge in [0.05, 0.1) is 11.8 Å². The van der Waals surface area contributed by atoms with Crippen molar-refractivity contribution in [2.75, 3.05) is 6.61 Å². The first-order valence-corrected chi connectivity index (χ1v) is 4.62. The molecule has 1 aromatic rings. The van der Waals surface area contributed by atoms with Gasteiger partial charge in [-0.3, -0.25) is 4.79 Å². The predicted octanol–water partition coefficient (Wildman–Crippen LogP) is 2.37. The van der Waals surface area contributed by atoms with Gasteiger partial charge in [-0.1, -0.05) is 0 Å². The lowest BCUT2D eigenvalue weighted by Gasteiger charge is -2.21. The molecule has 0 saturated heterocycles. The molecule has 1 aliphatic rings. The molecule has 6 heteroatoms. The third kappa shape index (κ3) is 1.80. The van der Waals surface area contributed by atoms with Crippen molar-refractivity contribution in [3.8, 4) is 0 Å². The van der Waals surface area contributed by atoms with Crippen molar-refractivity contribution in [3.63, 3.8) is 0 Å². The normalized spacial score (nSPS) is 20.8. The highest BCUT2D eigenvalue weighted by Crippen LogP contribution is 2.31. The van der Waals surface area contributed by atoms with Crippen molar-refractivity contribution in [2.45, 2.75) is 19.2 Å². The zero-order valence-electron chi connectivity index (χ0n) is 8.34. The first kappa shape index (κ1) is 11.1. The van der Waals surface area contributed by atoms with Gasteiger partial charge in [0.2, 0.25) is 0 Å². The standard InChI is InChI=1S/C10H8F3NO2/c1-5-9-6(7(15)4-16-5)2-3-8(14-9)10(11,12)13/h2-3,5H,4H2,1H3/t5-/m0/s1. The largest absolute Gasteiger partial charge is 0.433 e. The minimum Gasteiger partial charge on any atom is -0.364 e. The number of fused-ring (bicyclic) bond motifs is 1. The molecule has 0 fully saturated rings. The fourth-order valence-electron chi connectivity index (χ4n) is 1.54. The van der Waals surface area contributed by atoms with Gasteiger partial charge in [-0.05, 0) is 19.1 Å². The Hall–Kier alpha value is -1.43. The molecule has 0 saturated carbocycles. The second-order valence-electron chi connectivity index (χ2n) is 3.50. The SMILES string of the molecule is C[C@@H]1OCC(=O)c2ccc(C(F)(F)F)nc21. The van der Waals surface area contributed by atoms with Crippen molar-refractivity contribution in [1.29, 1.82) is 0 Å². The maximum absolute atomic E-state index is 12.4. The molecule has 0 spiro atoms. The monoisotopic (exact) mass is 231 g/mol. The average Bonchev–Trinajstić information content (AvgIpc) is 2.22. The summed E-state index contributed by atoms with van der Waals surface area (Å²) in [5.41, 5.74) is -0.728. The number of nitrogens with zero attached hydrogens (tertiary/aromatic N) is 1. The number of ketones is 1. The number of rotatable bonds is 0. The quantitative estimate of drug-likeness (QED) is 0.688. The highest BCUT2D eigenvalue weighted by Gasteiger charge is 2.35. The number of hydrogen-bond acceptors (Lipinski definition) is 3. The average molecular weight is 231 g/mol. The van der Waals surface area contributed by atoms with Gasteiger partial charge in [0.25, 0.3) is 0 Å². The Balaban J connectivity index is 2.52. The predicted molar refractivity (Wildman–Crippen MR) is 47.9 cm³/mol. The van der Waals surface area contributed by atoms with Gasteiger partial charge in [0.1, 0.15) is 12.3 Å². The van der Waals surface area contributed by atoms with E-state index in [0.717, 1.165) is 12.1 Å². The van der Waals surface area contributed by atoms with Gasteiger partial charge in [-0.15, -0.1) is 0 Å². The second-order valence-corrected chi connectivity index (χ2v) is 3.50. The highest BCUT2D eigenvalue weighted by molar-refractivity contribution is 5.98. The summed E-state index contributed by atoms with van der Waals surface area (Å²) < 4.78 is 42.2. The lowest BCUT2D eigenvalue weighted by Crippen LogP contribution is -2.24. The molecule has 16 heavy (non-hydrogen) atoms. The van der Waals surface area contributed by atoms with Crippen LogP contribution in [0.1, 0.15) is 34.8 Å². The minimum atomic E-state index is -4.50. The van der Waals surface area contributed by atoms with Crippen LogP contribution in [0.2, 0.25) is 0 Å². The molecule has 0 aliphatic carbocycles. The van der Waals surface area contributed by atoms with Gasteiger partial charge < -0.3 is 4.74 Å². The van der Waals surface area contributed by atoms with Crippen LogP contribution in [0.3, 0.4) is 0 Å². The molecule has 1 aromatic heterocycles. The van der Waals surface area contributed by atoms with Crippen LogP contribution in [0.5, 0.6) is 0 Å². The zero-order chi connectivity index (χ0) is 11.9. The first-order valence-electron chi connectivity index (χ1n) is 4.62. The van der Waals surface area contributed by atoms with Crippen LogP contribution >= 0.6 is 0 Å². The van der Waals surface area contributed by atoms with E-state index in [1.165, 1.54) is 0 Å². The Labute approximate surface area is 89.2 Å². The van der Waals surface area contributed by atoms with Crippen molar-refractivity contribution in [1.82, 2.24) is 4.98 Å². The number of ether oxygens (including phenoxy) is 1. The van der Waals surface area contributed by atoms with E-state index in [0.29, 0.717) is 0 Å². The van der Waals surface area contributed by atoms with Crippen molar-refractivity contribution in [2.24, 2.45) is 0 Å². The van der Waals surface area contributed by atoms with Crippen LogP contribution in [0.25, 0.3) is 0 Å². The maximum atomic E-state index is 12.4. The number of carbonyl (C=O) groups excluding carboxylic acids is 1. The molecule has 2 heterocycles. The Morgan fingerprint density at radius 1 is 1.44 bits per heavy atom. The number of Topliss-reactive ketones (excluding diaryl/α,β-unsaturated/α-hetero) is 1. The molecule has 86 valence electrons. The lowest BCUT2D eigenvalue weighted by atomic mass is 10.0. The van der Waals surface area contributed by atoms with E-state index in [1.807, 2.05) is 0 Å². The molecule has 0 N–H and O–H groups in total.